The van der Waals surface area contributed by atoms with Gasteiger partial charge in [-0.3, -0.25) is 9.59 Å². The number of carbonyl (C=O) groups is 2. The molecule has 0 fully saturated rings. The van der Waals surface area contributed by atoms with E-state index in [9.17, 15) is 14.0 Å². The fourth-order valence-electron chi connectivity index (χ4n) is 3.73. The fourth-order valence-corrected chi connectivity index (χ4v) is 3.73. The monoisotopic (exact) mass is 445 g/mol. The molecule has 0 spiro atoms. The molecule has 0 radical (unpaired) electrons. The van der Waals surface area contributed by atoms with Gasteiger partial charge in [-0.15, -0.1) is 0 Å². The number of rotatable bonds is 6. The summed E-state index contributed by atoms with van der Waals surface area (Å²) in [6.07, 6.45) is 0. The minimum absolute atomic E-state index is 0.103. The summed E-state index contributed by atoms with van der Waals surface area (Å²) in [7, 11) is 5.30. The number of hydrogen-bond donors (Lipinski definition) is 1. The number of carbonyl (C=O) groups excluding carboxylic acids is 2. The predicted molar refractivity (Wildman–Crippen MR) is 128 cm³/mol. The Morgan fingerprint density at radius 3 is 2.33 bits per heavy atom. The molecule has 6 nitrogen and oxygen atoms in total. The second-order valence-corrected chi connectivity index (χ2v) is 7.95. The van der Waals surface area contributed by atoms with Crippen LogP contribution in [0, 0.1) is 12.7 Å². The van der Waals surface area contributed by atoms with Gasteiger partial charge in [0.05, 0.1) is 24.1 Å². The topological polar surface area (TPSA) is 61.9 Å². The SMILES string of the molecule is COc1ccc(C)cc1NC1=C(c2ccc(F)cc2)C(=O)N(c2cccc(N(C)C)c2)C1=O. The van der Waals surface area contributed by atoms with Gasteiger partial charge in [0.1, 0.15) is 17.3 Å². The molecule has 168 valence electrons. The standard InChI is InChI=1S/C26H24FN3O3/c1-16-8-13-22(33-4)21(14-16)28-24-23(17-9-11-18(27)12-10-17)25(31)30(26(24)32)20-7-5-6-19(15-20)29(2)3/h5-15,28H,1-4H3. The number of halogens is 1. The first-order valence-corrected chi connectivity index (χ1v) is 10.4. The number of nitrogens with one attached hydrogen (secondary N) is 1. The minimum Gasteiger partial charge on any atom is -0.495 e. The van der Waals surface area contributed by atoms with Gasteiger partial charge in [0.2, 0.25) is 0 Å². The third kappa shape index (κ3) is 4.17. The maximum Gasteiger partial charge on any atom is 0.282 e. The van der Waals surface area contributed by atoms with Crippen molar-refractivity contribution < 1.29 is 18.7 Å². The van der Waals surface area contributed by atoms with E-state index < -0.39 is 17.6 Å². The minimum atomic E-state index is -0.501. The molecule has 0 bridgehead atoms. The second-order valence-electron chi connectivity index (χ2n) is 7.95. The first-order chi connectivity index (χ1) is 15.8. The van der Waals surface area contributed by atoms with Crippen molar-refractivity contribution in [1.82, 2.24) is 0 Å². The quantitative estimate of drug-likeness (QED) is 0.562. The predicted octanol–water partition coefficient (Wildman–Crippen LogP) is 4.61. The van der Waals surface area contributed by atoms with Crippen molar-refractivity contribution >= 4 is 34.4 Å². The second kappa shape index (κ2) is 8.78. The van der Waals surface area contributed by atoms with Crippen LogP contribution in [0.3, 0.4) is 0 Å². The Morgan fingerprint density at radius 1 is 0.939 bits per heavy atom. The summed E-state index contributed by atoms with van der Waals surface area (Å²) >= 11 is 0. The molecule has 4 rings (SSSR count). The molecule has 1 N–H and O–H groups in total. The van der Waals surface area contributed by atoms with Crippen molar-refractivity contribution in [2.45, 2.75) is 6.92 Å². The highest BCUT2D eigenvalue weighted by Gasteiger charge is 2.40. The lowest BCUT2D eigenvalue weighted by atomic mass is 10.0. The third-order valence-electron chi connectivity index (χ3n) is 5.44. The highest BCUT2D eigenvalue weighted by atomic mass is 19.1. The van der Waals surface area contributed by atoms with Crippen LogP contribution in [0.4, 0.5) is 21.5 Å². The van der Waals surface area contributed by atoms with E-state index in [1.807, 2.05) is 44.1 Å². The van der Waals surface area contributed by atoms with Gasteiger partial charge in [-0.05, 0) is 60.5 Å². The van der Waals surface area contributed by atoms with Crippen molar-refractivity contribution in [2.24, 2.45) is 0 Å². The molecule has 0 aliphatic carbocycles. The summed E-state index contributed by atoms with van der Waals surface area (Å²) in [6, 6.07) is 18.2. The maximum atomic E-state index is 13.6. The summed E-state index contributed by atoms with van der Waals surface area (Å²) < 4.78 is 19.0. The van der Waals surface area contributed by atoms with Crippen molar-refractivity contribution in [3.63, 3.8) is 0 Å². The Balaban J connectivity index is 1.85. The van der Waals surface area contributed by atoms with E-state index in [2.05, 4.69) is 5.32 Å². The molecule has 3 aromatic carbocycles. The highest BCUT2D eigenvalue weighted by molar-refractivity contribution is 6.46. The third-order valence-corrected chi connectivity index (χ3v) is 5.44. The number of amides is 2. The molecule has 0 atom stereocenters. The number of aryl methyl sites for hydroxylation is 1. The molecule has 7 heteroatoms. The van der Waals surface area contributed by atoms with Crippen LogP contribution in [0.1, 0.15) is 11.1 Å². The first kappa shape index (κ1) is 22.1. The van der Waals surface area contributed by atoms with E-state index in [1.165, 1.54) is 31.4 Å². The highest BCUT2D eigenvalue weighted by Crippen LogP contribution is 2.36. The molecule has 2 amide bonds. The lowest BCUT2D eigenvalue weighted by Gasteiger charge is -2.19. The lowest BCUT2D eigenvalue weighted by molar-refractivity contribution is -0.120. The summed E-state index contributed by atoms with van der Waals surface area (Å²) in [4.78, 5) is 30.2. The molecule has 0 unspecified atom stereocenters. The number of anilines is 3. The molecule has 1 aliphatic rings. The van der Waals surface area contributed by atoms with Gasteiger partial charge in [0.25, 0.3) is 11.8 Å². The average molecular weight is 445 g/mol. The van der Waals surface area contributed by atoms with Gasteiger partial charge in [0, 0.05) is 19.8 Å². The van der Waals surface area contributed by atoms with E-state index in [0.717, 1.165) is 16.2 Å². The van der Waals surface area contributed by atoms with Gasteiger partial charge in [0.15, 0.2) is 0 Å². The van der Waals surface area contributed by atoms with Gasteiger partial charge < -0.3 is 15.0 Å². The Morgan fingerprint density at radius 2 is 1.67 bits per heavy atom. The normalized spacial score (nSPS) is 13.5. The number of nitrogens with zero attached hydrogens (tertiary/aromatic N) is 2. The Kier molecular flexibility index (Phi) is 5.87. The number of benzene rings is 3. The number of imide groups is 1. The molecule has 0 saturated carbocycles. The molecule has 1 heterocycles. The molecule has 33 heavy (non-hydrogen) atoms. The molecule has 1 aliphatic heterocycles. The van der Waals surface area contributed by atoms with Crippen LogP contribution in [0.5, 0.6) is 5.75 Å². The van der Waals surface area contributed by atoms with Crippen LogP contribution < -0.4 is 19.9 Å². The smallest absolute Gasteiger partial charge is 0.282 e. The van der Waals surface area contributed by atoms with Crippen LogP contribution in [0.15, 0.2) is 72.4 Å². The zero-order valence-electron chi connectivity index (χ0n) is 18.8. The fraction of sp³-hybridized carbons (Fsp3) is 0.154. The molecular weight excluding hydrogens is 421 g/mol. The number of methoxy groups -OCH3 is 1. The van der Waals surface area contributed by atoms with Crippen molar-refractivity contribution in [3.05, 3.63) is 89.4 Å². The molecular formula is C26H24FN3O3. The van der Waals surface area contributed by atoms with E-state index in [0.29, 0.717) is 22.7 Å². The largest absolute Gasteiger partial charge is 0.495 e. The van der Waals surface area contributed by atoms with E-state index in [-0.39, 0.29) is 11.3 Å². The summed E-state index contributed by atoms with van der Waals surface area (Å²) in [5.41, 5.74) is 3.51. The summed E-state index contributed by atoms with van der Waals surface area (Å²) in [6.45, 7) is 1.92. The Labute approximate surface area is 191 Å². The van der Waals surface area contributed by atoms with Crippen LogP contribution in [0.25, 0.3) is 5.57 Å². The van der Waals surface area contributed by atoms with Gasteiger partial charge >= 0.3 is 0 Å². The number of ether oxygens (including phenoxy) is 1. The van der Waals surface area contributed by atoms with Gasteiger partial charge in [-0.25, -0.2) is 9.29 Å². The summed E-state index contributed by atoms with van der Waals surface area (Å²) in [5, 5.41) is 3.12. The van der Waals surface area contributed by atoms with Crippen LogP contribution in [-0.4, -0.2) is 33.0 Å². The zero-order chi connectivity index (χ0) is 23.7. The summed E-state index contributed by atoms with van der Waals surface area (Å²) in [5.74, 6) is -0.892. The molecule has 0 aromatic heterocycles. The van der Waals surface area contributed by atoms with E-state index in [1.54, 1.807) is 24.3 Å². The molecule has 3 aromatic rings. The zero-order valence-corrected chi connectivity index (χ0v) is 18.8. The van der Waals surface area contributed by atoms with Crippen molar-refractivity contribution in [3.8, 4) is 5.75 Å². The van der Waals surface area contributed by atoms with Crippen LogP contribution in [-0.2, 0) is 9.59 Å². The average Bonchev–Trinajstić information content (AvgIpc) is 3.04. The first-order valence-electron chi connectivity index (χ1n) is 10.4. The Bertz CT molecular complexity index is 1270. The van der Waals surface area contributed by atoms with E-state index >= 15 is 0 Å². The lowest BCUT2D eigenvalue weighted by Crippen LogP contribution is -2.32. The van der Waals surface area contributed by atoms with E-state index in [4.69, 9.17) is 4.74 Å². The maximum absolute atomic E-state index is 13.6. The molecule has 0 saturated heterocycles. The van der Waals surface area contributed by atoms with Crippen molar-refractivity contribution in [2.75, 3.05) is 36.3 Å². The van der Waals surface area contributed by atoms with Gasteiger partial charge in [-0.1, -0.05) is 24.3 Å². The van der Waals surface area contributed by atoms with Crippen LogP contribution >= 0.6 is 0 Å². The Hall–Kier alpha value is -4.13. The number of hydrogen-bond acceptors (Lipinski definition) is 5. The van der Waals surface area contributed by atoms with Gasteiger partial charge in [-0.2, -0.15) is 0 Å². The van der Waals surface area contributed by atoms with Crippen molar-refractivity contribution in [1.29, 1.82) is 0 Å². The van der Waals surface area contributed by atoms with Crippen LogP contribution in [0.2, 0.25) is 0 Å².